The van der Waals surface area contributed by atoms with Gasteiger partial charge in [-0.2, -0.15) is 0 Å². The monoisotopic (exact) mass is 220 g/mol. The van der Waals surface area contributed by atoms with E-state index in [0.717, 1.165) is 16.9 Å². The molecular weight excluding hydrogens is 204 g/mol. The SMILES string of the molecule is C=C(CC(=O)OC)Cc1ccccc1OC. The van der Waals surface area contributed by atoms with Crippen LogP contribution in [0.1, 0.15) is 12.0 Å². The Morgan fingerprint density at radius 3 is 2.62 bits per heavy atom. The van der Waals surface area contributed by atoms with Gasteiger partial charge in [-0.1, -0.05) is 30.4 Å². The second-order valence-electron chi connectivity index (χ2n) is 3.49. The largest absolute Gasteiger partial charge is 0.496 e. The van der Waals surface area contributed by atoms with Crippen LogP contribution in [0.3, 0.4) is 0 Å². The topological polar surface area (TPSA) is 35.5 Å². The predicted molar refractivity (Wildman–Crippen MR) is 62.5 cm³/mol. The average molecular weight is 220 g/mol. The first-order valence-corrected chi connectivity index (χ1v) is 5.02. The molecule has 0 unspecified atom stereocenters. The molecule has 0 fully saturated rings. The molecule has 0 aliphatic heterocycles. The minimum Gasteiger partial charge on any atom is -0.496 e. The van der Waals surface area contributed by atoms with Crippen molar-refractivity contribution < 1.29 is 14.3 Å². The summed E-state index contributed by atoms with van der Waals surface area (Å²) in [6.07, 6.45) is 0.869. The molecule has 3 heteroatoms. The van der Waals surface area contributed by atoms with Crippen molar-refractivity contribution in [1.29, 1.82) is 0 Å². The Morgan fingerprint density at radius 1 is 1.31 bits per heavy atom. The Bertz CT molecular complexity index is 383. The lowest BCUT2D eigenvalue weighted by atomic mass is 10.0. The Morgan fingerprint density at radius 2 is 2.00 bits per heavy atom. The average Bonchev–Trinajstić information content (AvgIpc) is 2.29. The molecular formula is C13H16O3. The molecule has 0 saturated heterocycles. The molecule has 0 aromatic heterocycles. The zero-order valence-electron chi connectivity index (χ0n) is 9.66. The van der Waals surface area contributed by atoms with Crippen molar-refractivity contribution in [1.82, 2.24) is 0 Å². The van der Waals surface area contributed by atoms with Gasteiger partial charge in [0, 0.05) is 0 Å². The van der Waals surface area contributed by atoms with Gasteiger partial charge in [-0.15, -0.1) is 0 Å². The summed E-state index contributed by atoms with van der Waals surface area (Å²) in [7, 11) is 3.00. The summed E-state index contributed by atoms with van der Waals surface area (Å²) in [5, 5.41) is 0. The standard InChI is InChI=1S/C13H16O3/c1-10(9-13(14)16-3)8-11-6-4-5-7-12(11)15-2/h4-7H,1,8-9H2,2-3H3. The van der Waals surface area contributed by atoms with E-state index >= 15 is 0 Å². The van der Waals surface area contributed by atoms with Crippen LogP contribution in [0.15, 0.2) is 36.4 Å². The highest BCUT2D eigenvalue weighted by Gasteiger charge is 2.07. The van der Waals surface area contributed by atoms with Crippen molar-refractivity contribution >= 4 is 5.97 Å². The molecule has 0 radical (unpaired) electrons. The van der Waals surface area contributed by atoms with Crippen LogP contribution in [0.4, 0.5) is 0 Å². The summed E-state index contributed by atoms with van der Waals surface area (Å²) in [6.45, 7) is 3.86. The summed E-state index contributed by atoms with van der Waals surface area (Å²) in [6, 6.07) is 7.69. The van der Waals surface area contributed by atoms with Crippen LogP contribution in [0, 0.1) is 0 Å². The minimum atomic E-state index is -0.264. The van der Waals surface area contributed by atoms with Crippen LogP contribution < -0.4 is 4.74 Å². The van der Waals surface area contributed by atoms with Crippen molar-refractivity contribution in [3.63, 3.8) is 0 Å². The number of ether oxygens (including phenoxy) is 2. The Hall–Kier alpha value is -1.77. The molecule has 0 saturated carbocycles. The number of esters is 1. The van der Waals surface area contributed by atoms with E-state index in [4.69, 9.17) is 4.74 Å². The molecule has 16 heavy (non-hydrogen) atoms. The number of carbonyl (C=O) groups is 1. The summed E-state index contributed by atoms with van der Waals surface area (Å²) in [4.78, 5) is 11.1. The van der Waals surface area contributed by atoms with Crippen LogP contribution in [0.25, 0.3) is 0 Å². The lowest BCUT2D eigenvalue weighted by molar-refractivity contribution is -0.139. The second kappa shape index (κ2) is 5.95. The molecule has 1 aromatic rings. The zero-order valence-corrected chi connectivity index (χ0v) is 9.66. The molecule has 0 heterocycles. The van der Waals surface area contributed by atoms with Crippen LogP contribution >= 0.6 is 0 Å². The van der Waals surface area contributed by atoms with Crippen molar-refractivity contribution in [3.8, 4) is 5.75 Å². The fourth-order valence-electron chi connectivity index (χ4n) is 1.46. The molecule has 1 aromatic carbocycles. The van der Waals surface area contributed by atoms with Crippen LogP contribution in [0.2, 0.25) is 0 Å². The van der Waals surface area contributed by atoms with Crippen molar-refractivity contribution in [2.75, 3.05) is 14.2 Å². The van der Waals surface area contributed by atoms with E-state index in [9.17, 15) is 4.79 Å². The van der Waals surface area contributed by atoms with Gasteiger partial charge in [0.05, 0.1) is 20.6 Å². The maximum absolute atomic E-state index is 11.1. The first-order valence-electron chi connectivity index (χ1n) is 5.02. The van der Waals surface area contributed by atoms with E-state index in [0.29, 0.717) is 6.42 Å². The summed E-state index contributed by atoms with van der Waals surface area (Å²) < 4.78 is 9.80. The predicted octanol–water partition coefficient (Wildman–Crippen LogP) is 2.36. The molecule has 0 bridgehead atoms. The van der Waals surface area contributed by atoms with Crippen LogP contribution in [0.5, 0.6) is 5.75 Å². The smallest absolute Gasteiger partial charge is 0.309 e. The normalized spacial score (nSPS) is 9.62. The van der Waals surface area contributed by atoms with Gasteiger partial charge >= 0.3 is 5.97 Å². The fourth-order valence-corrected chi connectivity index (χ4v) is 1.46. The lowest BCUT2D eigenvalue weighted by Gasteiger charge is -2.09. The summed E-state index contributed by atoms with van der Waals surface area (Å²) in [5.74, 6) is 0.549. The molecule has 1 rings (SSSR count). The highest BCUT2D eigenvalue weighted by atomic mass is 16.5. The van der Waals surface area contributed by atoms with Gasteiger partial charge in [0.15, 0.2) is 0 Å². The van der Waals surface area contributed by atoms with Gasteiger partial charge in [0.1, 0.15) is 5.75 Å². The zero-order chi connectivity index (χ0) is 12.0. The van der Waals surface area contributed by atoms with Gasteiger partial charge in [-0.05, 0) is 18.1 Å². The van der Waals surface area contributed by atoms with Gasteiger partial charge in [-0.3, -0.25) is 4.79 Å². The lowest BCUT2D eigenvalue weighted by Crippen LogP contribution is -2.03. The van der Waals surface area contributed by atoms with Crippen LogP contribution in [-0.4, -0.2) is 20.2 Å². The van der Waals surface area contributed by atoms with Crippen molar-refractivity contribution in [2.45, 2.75) is 12.8 Å². The first-order chi connectivity index (χ1) is 7.67. The van der Waals surface area contributed by atoms with E-state index in [1.54, 1.807) is 7.11 Å². The number of para-hydroxylation sites is 1. The highest BCUT2D eigenvalue weighted by Crippen LogP contribution is 2.21. The molecule has 0 N–H and O–H groups in total. The van der Waals surface area contributed by atoms with Crippen molar-refractivity contribution in [2.24, 2.45) is 0 Å². The molecule has 0 aliphatic carbocycles. The molecule has 0 atom stereocenters. The number of methoxy groups -OCH3 is 2. The third-order valence-electron chi connectivity index (χ3n) is 2.25. The maximum atomic E-state index is 11.1. The second-order valence-corrected chi connectivity index (χ2v) is 3.49. The molecule has 0 spiro atoms. The minimum absolute atomic E-state index is 0.245. The molecule has 86 valence electrons. The first kappa shape index (κ1) is 12.3. The number of carbonyl (C=O) groups excluding carboxylic acids is 1. The van der Waals surface area contributed by atoms with E-state index < -0.39 is 0 Å². The van der Waals surface area contributed by atoms with E-state index in [2.05, 4.69) is 11.3 Å². The van der Waals surface area contributed by atoms with E-state index in [1.165, 1.54) is 7.11 Å². The molecule has 0 aliphatic rings. The van der Waals surface area contributed by atoms with Crippen LogP contribution in [-0.2, 0) is 16.0 Å². The van der Waals surface area contributed by atoms with Gasteiger partial charge in [0.25, 0.3) is 0 Å². The Labute approximate surface area is 95.7 Å². The summed E-state index contributed by atoms with van der Waals surface area (Å²) >= 11 is 0. The third-order valence-corrected chi connectivity index (χ3v) is 2.25. The summed E-state index contributed by atoms with van der Waals surface area (Å²) in [5.41, 5.74) is 1.84. The molecule has 0 amide bonds. The van der Waals surface area contributed by atoms with E-state index in [1.807, 2.05) is 24.3 Å². The quantitative estimate of drug-likeness (QED) is 0.564. The molecule has 3 nitrogen and oxygen atoms in total. The van der Waals surface area contributed by atoms with Crippen molar-refractivity contribution in [3.05, 3.63) is 42.0 Å². The van der Waals surface area contributed by atoms with Gasteiger partial charge in [-0.25, -0.2) is 0 Å². The Balaban J connectivity index is 2.65. The maximum Gasteiger partial charge on any atom is 0.309 e. The Kier molecular flexibility index (Phi) is 4.58. The highest BCUT2D eigenvalue weighted by molar-refractivity contribution is 5.72. The van der Waals surface area contributed by atoms with E-state index in [-0.39, 0.29) is 12.4 Å². The third kappa shape index (κ3) is 3.42. The number of hydrogen-bond donors (Lipinski definition) is 0. The number of benzene rings is 1. The number of rotatable bonds is 5. The fraction of sp³-hybridized carbons (Fsp3) is 0.308. The van der Waals surface area contributed by atoms with Gasteiger partial charge < -0.3 is 9.47 Å². The number of hydrogen-bond acceptors (Lipinski definition) is 3. The van der Waals surface area contributed by atoms with Gasteiger partial charge in [0.2, 0.25) is 0 Å².